The van der Waals surface area contributed by atoms with E-state index >= 15 is 0 Å². The maximum atomic E-state index is 14.2. The van der Waals surface area contributed by atoms with Crippen molar-refractivity contribution in [3.63, 3.8) is 0 Å². The molecule has 0 amide bonds. The smallest absolute Gasteiger partial charge is 0.132 e. The number of rotatable bonds is 2. The molecule has 3 heteroatoms. The molecule has 0 aliphatic carbocycles. The number of halogens is 1. The summed E-state index contributed by atoms with van der Waals surface area (Å²) in [5.74, 6) is 0.470. The normalized spacial score (nSPS) is 19.9. The second-order valence-electron chi connectivity index (χ2n) is 5.39. The summed E-state index contributed by atoms with van der Waals surface area (Å²) >= 11 is 0. The molecule has 1 aliphatic heterocycles. The lowest BCUT2D eigenvalue weighted by Gasteiger charge is -2.31. The van der Waals surface area contributed by atoms with E-state index in [1.165, 1.54) is 0 Å². The summed E-state index contributed by atoms with van der Waals surface area (Å²) in [4.78, 5) is 6.17. The molecule has 102 valence electrons. The maximum absolute atomic E-state index is 14.2. The van der Waals surface area contributed by atoms with E-state index in [0.29, 0.717) is 11.5 Å². The van der Waals surface area contributed by atoms with Crippen molar-refractivity contribution in [3.05, 3.63) is 40.7 Å². The van der Waals surface area contributed by atoms with E-state index in [4.69, 9.17) is 0 Å². The lowest BCUT2D eigenvalue weighted by atomic mass is 9.96. The molecule has 0 bridgehead atoms. The van der Waals surface area contributed by atoms with Gasteiger partial charge in [-0.3, -0.25) is 4.99 Å². The second-order valence-corrected chi connectivity index (χ2v) is 5.39. The zero-order valence-electron chi connectivity index (χ0n) is 12.1. The van der Waals surface area contributed by atoms with Crippen molar-refractivity contribution in [2.75, 3.05) is 20.6 Å². The molecule has 0 N–H and O–H groups in total. The van der Waals surface area contributed by atoms with Crippen LogP contribution in [0.1, 0.15) is 30.0 Å². The summed E-state index contributed by atoms with van der Waals surface area (Å²) in [5, 5.41) is 0. The van der Waals surface area contributed by atoms with Gasteiger partial charge in [0.05, 0.1) is 0 Å². The third kappa shape index (κ3) is 2.86. The molecule has 2 nitrogen and oxygen atoms in total. The summed E-state index contributed by atoms with van der Waals surface area (Å²) in [5.41, 5.74) is 3.56. The van der Waals surface area contributed by atoms with Gasteiger partial charge in [-0.25, -0.2) is 4.39 Å². The lowest BCUT2D eigenvalue weighted by Crippen LogP contribution is -2.27. The molecule has 0 aromatic heterocycles. The van der Waals surface area contributed by atoms with Gasteiger partial charge in [0.15, 0.2) is 0 Å². The van der Waals surface area contributed by atoms with Crippen molar-refractivity contribution in [2.45, 2.75) is 20.3 Å². The quantitative estimate of drug-likeness (QED) is 0.743. The Morgan fingerprint density at radius 2 is 2.16 bits per heavy atom. The van der Waals surface area contributed by atoms with Gasteiger partial charge in [-0.1, -0.05) is 13.0 Å². The minimum atomic E-state index is -0.154. The molecule has 1 unspecified atom stereocenters. The van der Waals surface area contributed by atoms with E-state index in [1.807, 2.05) is 20.0 Å². The van der Waals surface area contributed by atoms with Crippen molar-refractivity contribution in [1.82, 2.24) is 4.90 Å². The molecule has 0 saturated heterocycles. The van der Waals surface area contributed by atoms with Gasteiger partial charge in [-0.05, 0) is 42.5 Å². The second kappa shape index (κ2) is 5.55. The topological polar surface area (TPSA) is 15.6 Å². The van der Waals surface area contributed by atoms with Gasteiger partial charge in [0.25, 0.3) is 0 Å². The van der Waals surface area contributed by atoms with Crippen molar-refractivity contribution >= 4 is 11.9 Å². The Balaban J connectivity index is 2.47. The highest BCUT2D eigenvalue weighted by Crippen LogP contribution is 2.29. The summed E-state index contributed by atoms with van der Waals surface area (Å²) in [6.45, 7) is 5.09. The average Bonchev–Trinajstić information content (AvgIpc) is 2.34. The zero-order chi connectivity index (χ0) is 14.0. The Hall–Kier alpha value is -1.64. The highest BCUT2D eigenvalue weighted by atomic mass is 19.1. The van der Waals surface area contributed by atoms with Crippen LogP contribution in [0.3, 0.4) is 0 Å². The molecule has 1 heterocycles. The molecule has 2 rings (SSSR count). The van der Waals surface area contributed by atoms with Crippen LogP contribution >= 0.6 is 0 Å². The van der Waals surface area contributed by atoms with E-state index < -0.39 is 0 Å². The minimum Gasteiger partial charge on any atom is -0.374 e. The number of nitrogens with zero attached hydrogens (tertiary/aromatic N) is 2. The van der Waals surface area contributed by atoms with Crippen LogP contribution in [0.2, 0.25) is 0 Å². The van der Waals surface area contributed by atoms with Crippen molar-refractivity contribution in [1.29, 1.82) is 0 Å². The highest BCUT2D eigenvalue weighted by molar-refractivity contribution is 5.84. The summed E-state index contributed by atoms with van der Waals surface area (Å²) in [6, 6.07) is 3.50. The molecule has 0 fully saturated rings. The van der Waals surface area contributed by atoms with E-state index in [0.717, 1.165) is 29.8 Å². The molecule has 1 aromatic rings. The van der Waals surface area contributed by atoms with E-state index in [1.54, 1.807) is 19.3 Å². The zero-order valence-corrected chi connectivity index (χ0v) is 12.1. The summed E-state index contributed by atoms with van der Waals surface area (Å²) in [6.07, 6.45) is 4.92. The first-order valence-corrected chi connectivity index (χ1v) is 6.67. The first-order valence-electron chi connectivity index (χ1n) is 6.67. The standard InChI is InChI=1S/C16H21FN2/c1-11-5-6-16(19(4)10-11)14-8-13(9-18-3)12(2)7-15(14)17/h6-9,11H,5,10H2,1-4H3/b18-9-. The van der Waals surface area contributed by atoms with Gasteiger partial charge in [0.2, 0.25) is 0 Å². The number of allylic oxidation sites excluding steroid dienone is 1. The fourth-order valence-electron chi connectivity index (χ4n) is 2.59. The van der Waals surface area contributed by atoms with Gasteiger partial charge < -0.3 is 4.90 Å². The molecule has 1 atom stereocenters. The van der Waals surface area contributed by atoms with Crippen molar-refractivity contribution < 1.29 is 4.39 Å². The van der Waals surface area contributed by atoms with Crippen LogP contribution < -0.4 is 0 Å². The largest absolute Gasteiger partial charge is 0.374 e. The van der Waals surface area contributed by atoms with Crippen LogP contribution in [-0.2, 0) is 0 Å². The predicted octanol–water partition coefficient (Wildman–Crippen LogP) is 3.50. The number of hydrogen-bond donors (Lipinski definition) is 0. The summed E-state index contributed by atoms with van der Waals surface area (Å²) < 4.78 is 14.2. The first-order chi connectivity index (χ1) is 9.02. The van der Waals surface area contributed by atoms with Crippen LogP contribution in [0.25, 0.3) is 5.70 Å². The molecular weight excluding hydrogens is 239 g/mol. The van der Waals surface area contributed by atoms with Crippen LogP contribution in [0.5, 0.6) is 0 Å². The van der Waals surface area contributed by atoms with Gasteiger partial charge in [0.1, 0.15) is 5.82 Å². The maximum Gasteiger partial charge on any atom is 0.132 e. The number of aliphatic imine (C=N–C) groups is 1. The van der Waals surface area contributed by atoms with Crippen LogP contribution in [0.15, 0.2) is 23.2 Å². The van der Waals surface area contributed by atoms with Gasteiger partial charge in [0, 0.05) is 38.1 Å². The predicted molar refractivity (Wildman–Crippen MR) is 79.0 cm³/mol. The molecular formula is C16H21FN2. The van der Waals surface area contributed by atoms with Crippen molar-refractivity contribution in [3.8, 4) is 0 Å². The van der Waals surface area contributed by atoms with Gasteiger partial charge in [-0.2, -0.15) is 0 Å². The Kier molecular flexibility index (Phi) is 4.03. The Morgan fingerprint density at radius 3 is 2.79 bits per heavy atom. The third-order valence-corrected chi connectivity index (χ3v) is 3.61. The third-order valence-electron chi connectivity index (χ3n) is 3.61. The summed E-state index contributed by atoms with van der Waals surface area (Å²) in [7, 11) is 3.75. The fraction of sp³-hybridized carbons (Fsp3) is 0.438. The monoisotopic (exact) mass is 260 g/mol. The van der Waals surface area contributed by atoms with Crippen LogP contribution in [-0.4, -0.2) is 31.8 Å². The number of aryl methyl sites for hydroxylation is 1. The first kappa shape index (κ1) is 13.8. The fourth-order valence-corrected chi connectivity index (χ4v) is 2.59. The molecule has 1 aromatic carbocycles. The molecule has 19 heavy (non-hydrogen) atoms. The molecule has 0 radical (unpaired) electrons. The minimum absolute atomic E-state index is 0.154. The highest BCUT2D eigenvalue weighted by Gasteiger charge is 2.19. The van der Waals surface area contributed by atoms with Crippen molar-refractivity contribution in [2.24, 2.45) is 10.9 Å². The SMILES string of the molecule is C/N=C\c1cc(C2=CCC(C)CN2C)c(F)cc1C. The Morgan fingerprint density at radius 1 is 1.42 bits per heavy atom. The van der Waals surface area contributed by atoms with E-state index in [-0.39, 0.29) is 5.82 Å². The van der Waals surface area contributed by atoms with Crippen LogP contribution in [0.4, 0.5) is 4.39 Å². The average molecular weight is 260 g/mol. The molecule has 1 aliphatic rings. The van der Waals surface area contributed by atoms with E-state index in [2.05, 4.69) is 22.9 Å². The lowest BCUT2D eigenvalue weighted by molar-refractivity contribution is 0.368. The van der Waals surface area contributed by atoms with E-state index in [9.17, 15) is 4.39 Å². The Bertz CT molecular complexity index is 532. The molecule has 0 saturated carbocycles. The Labute approximate surface area is 114 Å². The number of hydrogen-bond acceptors (Lipinski definition) is 2. The molecule has 0 spiro atoms. The van der Waals surface area contributed by atoms with Gasteiger partial charge in [-0.15, -0.1) is 0 Å². The van der Waals surface area contributed by atoms with Crippen LogP contribution in [0, 0.1) is 18.7 Å². The van der Waals surface area contributed by atoms with Gasteiger partial charge >= 0.3 is 0 Å². The number of benzene rings is 1.